The largest absolute Gasteiger partial charge is 0.509 e. The molecule has 2 rings (SSSR count). The molecular formula is C9H18ClN4O+. The molecule has 0 radical (unpaired) electrons. The van der Waals surface area contributed by atoms with E-state index in [1.54, 1.807) is 0 Å². The van der Waals surface area contributed by atoms with Crippen LogP contribution in [0.4, 0.5) is 0 Å². The highest BCUT2D eigenvalue weighted by Gasteiger charge is 2.29. The lowest BCUT2D eigenvalue weighted by Gasteiger charge is -2.26. The number of rotatable bonds is 2. The Morgan fingerprint density at radius 1 is 1.00 bits per heavy atom. The van der Waals surface area contributed by atoms with E-state index in [2.05, 4.69) is 14.3 Å². The van der Waals surface area contributed by atoms with Gasteiger partial charge < -0.3 is 4.29 Å². The van der Waals surface area contributed by atoms with Gasteiger partial charge in [0.15, 0.2) is 0 Å². The van der Waals surface area contributed by atoms with Crippen LogP contribution in [0.5, 0.6) is 0 Å². The standard InChI is InChI=1S/C9H17ClN4O/c10-15-9(11)14(12-5-1-2-6-12)13-7-3-4-8-13/h11H,1-8H2/p+1. The number of hydrazone groups is 2. The van der Waals surface area contributed by atoms with Gasteiger partial charge in [0.05, 0.1) is 26.2 Å². The van der Waals surface area contributed by atoms with Gasteiger partial charge in [0.25, 0.3) is 0 Å². The van der Waals surface area contributed by atoms with Crippen molar-refractivity contribution in [3.8, 4) is 0 Å². The minimum atomic E-state index is 0.264. The summed E-state index contributed by atoms with van der Waals surface area (Å²) in [6, 6.07) is 0.264. The van der Waals surface area contributed by atoms with Gasteiger partial charge in [0.1, 0.15) is 11.9 Å². The van der Waals surface area contributed by atoms with Crippen LogP contribution in [0.3, 0.4) is 0 Å². The average Bonchev–Trinajstić information content (AvgIpc) is 2.90. The number of halogens is 1. The third-order valence-electron chi connectivity index (χ3n) is 2.98. The van der Waals surface area contributed by atoms with Crippen molar-refractivity contribution in [3.63, 3.8) is 0 Å². The molecule has 2 aliphatic heterocycles. The summed E-state index contributed by atoms with van der Waals surface area (Å²) in [5, 5.41) is 4.39. The molecule has 86 valence electrons. The van der Waals surface area contributed by atoms with E-state index in [0.29, 0.717) is 0 Å². The highest BCUT2D eigenvalue weighted by Crippen LogP contribution is 2.14. The summed E-state index contributed by atoms with van der Waals surface area (Å²) in [5.74, 6) is 0. The average molecular weight is 234 g/mol. The zero-order chi connectivity index (χ0) is 10.7. The Bertz CT molecular complexity index is 228. The number of hydrazine groups is 2. The molecule has 5 nitrogen and oxygen atoms in total. The van der Waals surface area contributed by atoms with E-state index in [9.17, 15) is 0 Å². The second kappa shape index (κ2) is 4.79. The van der Waals surface area contributed by atoms with E-state index in [4.69, 9.17) is 17.6 Å². The zero-order valence-corrected chi connectivity index (χ0v) is 9.62. The SMILES string of the molecule is NC(OCl)=[N+](N1CCCC1)N1CCCC1. The molecule has 0 aromatic rings. The fourth-order valence-electron chi connectivity index (χ4n) is 2.27. The molecule has 0 amide bonds. The lowest BCUT2D eigenvalue weighted by Crippen LogP contribution is -2.49. The van der Waals surface area contributed by atoms with Crippen molar-refractivity contribution in [1.29, 1.82) is 0 Å². The molecule has 0 atom stereocenters. The van der Waals surface area contributed by atoms with Crippen LogP contribution in [0.25, 0.3) is 0 Å². The van der Waals surface area contributed by atoms with Gasteiger partial charge in [-0.25, -0.2) is 15.8 Å². The van der Waals surface area contributed by atoms with Gasteiger partial charge >= 0.3 is 6.02 Å². The minimum absolute atomic E-state index is 0.264. The predicted molar refractivity (Wildman–Crippen MR) is 58.0 cm³/mol. The van der Waals surface area contributed by atoms with E-state index in [-0.39, 0.29) is 6.02 Å². The minimum Gasteiger partial charge on any atom is -0.309 e. The lowest BCUT2D eigenvalue weighted by molar-refractivity contribution is -0.814. The van der Waals surface area contributed by atoms with Crippen LogP contribution in [0, 0.1) is 0 Å². The van der Waals surface area contributed by atoms with Crippen molar-refractivity contribution in [1.82, 2.24) is 10.0 Å². The second-order valence-corrected chi connectivity index (χ2v) is 4.18. The topological polar surface area (TPSA) is 44.7 Å². The fourth-order valence-corrected chi connectivity index (χ4v) is 2.33. The first-order valence-corrected chi connectivity index (χ1v) is 5.84. The summed E-state index contributed by atoms with van der Waals surface area (Å²) in [6.07, 6.45) is 4.83. The summed E-state index contributed by atoms with van der Waals surface area (Å²) in [5.41, 5.74) is 5.78. The van der Waals surface area contributed by atoms with E-state index in [1.807, 2.05) is 4.79 Å². The Balaban J connectivity index is 2.14. The van der Waals surface area contributed by atoms with E-state index in [1.165, 1.54) is 25.7 Å². The quantitative estimate of drug-likeness (QED) is 0.429. The highest BCUT2D eigenvalue weighted by atomic mass is 35.5. The highest BCUT2D eigenvalue weighted by molar-refractivity contribution is 6.12. The first-order chi connectivity index (χ1) is 7.33. The van der Waals surface area contributed by atoms with Gasteiger partial charge in [-0.3, -0.25) is 0 Å². The number of nitrogens with two attached hydrogens (primary N) is 1. The van der Waals surface area contributed by atoms with Crippen LogP contribution >= 0.6 is 11.9 Å². The molecule has 2 heterocycles. The van der Waals surface area contributed by atoms with E-state index >= 15 is 0 Å². The normalized spacial score (nSPS) is 20.9. The van der Waals surface area contributed by atoms with Crippen LogP contribution in [0.1, 0.15) is 25.7 Å². The molecule has 2 saturated heterocycles. The zero-order valence-electron chi connectivity index (χ0n) is 8.86. The van der Waals surface area contributed by atoms with Crippen molar-refractivity contribution < 1.29 is 9.08 Å². The molecule has 2 aliphatic rings. The maximum atomic E-state index is 5.78. The van der Waals surface area contributed by atoms with Crippen molar-refractivity contribution in [2.24, 2.45) is 5.73 Å². The Labute approximate surface area is 95.1 Å². The molecule has 0 unspecified atom stereocenters. The van der Waals surface area contributed by atoms with E-state index in [0.717, 1.165) is 26.2 Å². The van der Waals surface area contributed by atoms with Gasteiger partial charge in [-0.05, 0) is 30.5 Å². The predicted octanol–water partition coefficient (Wildman–Crippen LogP) is 0.506. The second-order valence-electron chi connectivity index (χ2n) is 4.03. The molecule has 0 spiro atoms. The summed E-state index contributed by atoms with van der Waals surface area (Å²) in [7, 11) is 0. The molecular weight excluding hydrogens is 216 g/mol. The first kappa shape index (κ1) is 10.7. The third kappa shape index (κ3) is 2.22. The fraction of sp³-hybridized carbons (Fsp3) is 0.889. The maximum absolute atomic E-state index is 5.78. The molecule has 2 N–H and O–H groups in total. The molecule has 0 aliphatic carbocycles. The van der Waals surface area contributed by atoms with E-state index < -0.39 is 0 Å². The number of hydrogen-bond donors (Lipinski definition) is 1. The van der Waals surface area contributed by atoms with Crippen LogP contribution in [-0.4, -0.2) is 47.0 Å². The first-order valence-electron chi connectivity index (χ1n) is 5.54. The molecule has 0 aromatic heterocycles. The molecule has 0 saturated carbocycles. The Morgan fingerprint density at radius 3 is 1.73 bits per heavy atom. The monoisotopic (exact) mass is 233 g/mol. The van der Waals surface area contributed by atoms with Crippen LogP contribution in [0.15, 0.2) is 0 Å². The van der Waals surface area contributed by atoms with Crippen LogP contribution in [0.2, 0.25) is 0 Å². The summed E-state index contributed by atoms with van der Waals surface area (Å²) in [4.78, 5) is 1.91. The summed E-state index contributed by atoms with van der Waals surface area (Å²) >= 11 is 5.35. The van der Waals surface area contributed by atoms with Crippen LogP contribution < -0.4 is 5.73 Å². The van der Waals surface area contributed by atoms with Crippen molar-refractivity contribution >= 4 is 17.9 Å². The van der Waals surface area contributed by atoms with Crippen LogP contribution in [-0.2, 0) is 4.29 Å². The van der Waals surface area contributed by atoms with Gasteiger partial charge in [-0.15, -0.1) is 0 Å². The van der Waals surface area contributed by atoms with Gasteiger partial charge in [-0.2, -0.15) is 0 Å². The molecule has 6 heteroatoms. The smallest absolute Gasteiger partial charge is 0.309 e. The Kier molecular flexibility index (Phi) is 3.41. The Morgan fingerprint density at radius 2 is 1.40 bits per heavy atom. The molecule has 0 aromatic carbocycles. The van der Waals surface area contributed by atoms with Gasteiger partial charge in [0, 0.05) is 0 Å². The van der Waals surface area contributed by atoms with Crippen molar-refractivity contribution in [2.75, 3.05) is 26.2 Å². The molecule has 2 fully saturated rings. The van der Waals surface area contributed by atoms with Gasteiger partial charge in [-0.1, -0.05) is 0 Å². The number of hydrogen-bond acceptors (Lipinski definition) is 3. The third-order valence-corrected chi connectivity index (χ3v) is 3.13. The lowest BCUT2D eigenvalue weighted by atomic mass is 10.4. The number of nitrogens with zero attached hydrogens (tertiary/aromatic N) is 3. The van der Waals surface area contributed by atoms with Crippen molar-refractivity contribution in [2.45, 2.75) is 25.7 Å². The van der Waals surface area contributed by atoms with Crippen molar-refractivity contribution in [3.05, 3.63) is 0 Å². The Hall–Kier alpha value is -0.840. The van der Waals surface area contributed by atoms with Gasteiger partial charge in [0.2, 0.25) is 0 Å². The maximum Gasteiger partial charge on any atom is 0.509 e. The molecule has 0 bridgehead atoms. The number of amidine groups is 1. The molecule has 15 heavy (non-hydrogen) atoms. The summed E-state index contributed by atoms with van der Waals surface area (Å²) in [6.45, 7) is 4.10. The summed E-state index contributed by atoms with van der Waals surface area (Å²) < 4.78 is 4.65.